The summed E-state index contributed by atoms with van der Waals surface area (Å²) in [6.07, 6.45) is 2.63. The molecule has 84 valence electrons. The lowest BCUT2D eigenvalue weighted by molar-refractivity contribution is 0.326. The lowest BCUT2D eigenvalue weighted by atomic mass is 10.2. The molecule has 1 aromatic rings. The van der Waals surface area contributed by atoms with Crippen LogP contribution in [-0.2, 0) is 0 Å². The molecular formula is C11H19N3O. The quantitative estimate of drug-likeness (QED) is 0.744. The van der Waals surface area contributed by atoms with Crippen LogP contribution in [0.2, 0.25) is 0 Å². The molecule has 1 unspecified atom stereocenters. The van der Waals surface area contributed by atoms with Gasteiger partial charge in [0.25, 0.3) is 0 Å². The van der Waals surface area contributed by atoms with Gasteiger partial charge in [-0.1, -0.05) is 6.92 Å². The first-order valence-electron chi connectivity index (χ1n) is 5.36. The molecule has 15 heavy (non-hydrogen) atoms. The Morgan fingerprint density at radius 2 is 2.13 bits per heavy atom. The van der Waals surface area contributed by atoms with Crippen LogP contribution in [0.25, 0.3) is 0 Å². The van der Waals surface area contributed by atoms with Crippen LogP contribution >= 0.6 is 0 Å². The Labute approximate surface area is 91.3 Å². The molecule has 0 aliphatic heterocycles. The summed E-state index contributed by atoms with van der Waals surface area (Å²) in [6, 6.07) is 2.34. The van der Waals surface area contributed by atoms with Crippen molar-refractivity contribution in [2.75, 3.05) is 18.6 Å². The maximum atomic E-state index is 5.33. The third-order valence-electron chi connectivity index (χ3n) is 2.53. The van der Waals surface area contributed by atoms with Crippen molar-refractivity contribution >= 4 is 5.82 Å². The third-order valence-corrected chi connectivity index (χ3v) is 2.53. The molecule has 4 nitrogen and oxygen atoms in total. The molecule has 0 saturated heterocycles. The van der Waals surface area contributed by atoms with Crippen molar-refractivity contribution in [2.24, 2.45) is 0 Å². The summed E-state index contributed by atoms with van der Waals surface area (Å²) in [7, 11) is 2.03. The van der Waals surface area contributed by atoms with Crippen LogP contribution in [0.4, 0.5) is 5.82 Å². The van der Waals surface area contributed by atoms with E-state index < -0.39 is 0 Å². The first-order chi connectivity index (χ1) is 7.19. The van der Waals surface area contributed by atoms with E-state index in [1.807, 2.05) is 20.0 Å². The fourth-order valence-electron chi connectivity index (χ4n) is 1.25. The van der Waals surface area contributed by atoms with Gasteiger partial charge >= 0.3 is 0 Å². The Morgan fingerprint density at radius 3 is 2.73 bits per heavy atom. The molecule has 0 amide bonds. The van der Waals surface area contributed by atoms with Gasteiger partial charge in [0, 0.05) is 19.2 Å². The molecule has 1 atom stereocenters. The second-order valence-electron chi connectivity index (χ2n) is 3.52. The van der Waals surface area contributed by atoms with Crippen molar-refractivity contribution in [3.05, 3.63) is 12.4 Å². The van der Waals surface area contributed by atoms with Crippen LogP contribution in [0, 0.1) is 0 Å². The Bertz CT molecular complexity index is 304. The van der Waals surface area contributed by atoms with Crippen molar-refractivity contribution in [1.29, 1.82) is 0 Å². The van der Waals surface area contributed by atoms with Gasteiger partial charge in [-0.2, -0.15) is 0 Å². The number of anilines is 1. The van der Waals surface area contributed by atoms with E-state index in [9.17, 15) is 0 Å². The molecular weight excluding hydrogens is 190 g/mol. The van der Waals surface area contributed by atoms with Crippen molar-refractivity contribution in [2.45, 2.75) is 33.2 Å². The molecule has 4 heteroatoms. The van der Waals surface area contributed by atoms with Gasteiger partial charge in [0.05, 0.1) is 6.61 Å². The summed E-state index contributed by atoms with van der Waals surface area (Å²) >= 11 is 0. The smallest absolute Gasteiger partial charge is 0.218 e. The van der Waals surface area contributed by atoms with Gasteiger partial charge in [0.1, 0.15) is 12.1 Å². The summed E-state index contributed by atoms with van der Waals surface area (Å²) in [5, 5.41) is 0. The molecule has 0 fully saturated rings. The monoisotopic (exact) mass is 209 g/mol. The van der Waals surface area contributed by atoms with Crippen molar-refractivity contribution in [1.82, 2.24) is 9.97 Å². The fourth-order valence-corrected chi connectivity index (χ4v) is 1.25. The minimum atomic E-state index is 0.467. The molecule has 0 aromatic carbocycles. The predicted molar refractivity (Wildman–Crippen MR) is 61.4 cm³/mol. The molecule has 1 heterocycles. The third kappa shape index (κ3) is 3.08. The maximum absolute atomic E-state index is 5.33. The van der Waals surface area contributed by atoms with E-state index in [-0.39, 0.29) is 0 Å². The first-order valence-corrected chi connectivity index (χ1v) is 5.36. The molecule has 0 bridgehead atoms. The minimum Gasteiger partial charge on any atom is -0.478 e. The molecule has 0 radical (unpaired) electrons. The lowest BCUT2D eigenvalue weighted by Crippen LogP contribution is -2.28. The first kappa shape index (κ1) is 11.8. The van der Waals surface area contributed by atoms with E-state index in [0.29, 0.717) is 18.5 Å². The zero-order valence-electron chi connectivity index (χ0n) is 9.90. The lowest BCUT2D eigenvalue weighted by Gasteiger charge is -2.24. The van der Waals surface area contributed by atoms with E-state index in [1.165, 1.54) is 0 Å². The topological polar surface area (TPSA) is 38.2 Å². The summed E-state index contributed by atoms with van der Waals surface area (Å²) in [5.41, 5.74) is 0. The van der Waals surface area contributed by atoms with E-state index in [2.05, 4.69) is 28.7 Å². The highest BCUT2D eigenvalue weighted by molar-refractivity contribution is 5.40. The zero-order valence-corrected chi connectivity index (χ0v) is 9.90. The number of hydrogen-bond acceptors (Lipinski definition) is 4. The Balaban J connectivity index is 2.80. The summed E-state index contributed by atoms with van der Waals surface area (Å²) in [5.74, 6) is 1.54. The van der Waals surface area contributed by atoms with Crippen molar-refractivity contribution in [3.8, 4) is 5.88 Å². The standard InChI is InChI=1S/C11H19N3O/c1-5-9(3)14(4)10-7-11(15-6-2)13-8-12-10/h7-9H,5-6H2,1-4H3. The predicted octanol–water partition coefficient (Wildman–Crippen LogP) is 2.11. The van der Waals surface area contributed by atoms with Gasteiger partial charge in [-0.3, -0.25) is 0 Å². The van der Waals surface area contributed by atoms with Gasteiger partial charge in [-0.15, -0.1) is 0 Å². The Hall–Kier alpha value is -1.32. The van der Waals surface area contributed by atoms with Crippen LogP contribution < -0.4 is 9.64 Å². The molecule has 0 saturated carbocycles. The highest BCUT2D eigenvalue weighted by Gasteiger charge is 2.10. The van der Waals surface area contributed by atoms with Crippen LogP contribution in [0.15, 0.2) is 12.4 Å². The zero-order chi connectivity index (χ0) is 11.3. The minimum absolute atomic E-state index is 0.467. The molecule has 1 rings (SSSR count). The number of aromatic nitrogens is 2. The number of ether oxygens (including phenoxy) is 1. The average Bonchev–Trinajstić information content (AvgIpc) is 2.28. The second-order valence-corrected chi connectivity index (χ2v) is 3.52. The van der Waals surface area contributed by atoms with Gasteiger partial charge < -0.3 is 9.64 Å². The molecule has 0 aliphatic rings. The molecule has 0 spiro atoms. The van der Waals surface area contributed by atoms with E-state index in [4.69, 9.17) is 4.74 Å². The van der Waals surface area contributed by atoms with Crippen molar-refractivity contribution < 1.29 is 4.74 Å². The van der Waals surface area contributed by atoms with Crippen LogP contribution in [0.3, 0.4) is 0 Å². The highest BCUT2D eigenvalue weighted by Crippen LogP contribution is 2.17. The fraction of sp³-hybridized carbons (Fsp3) is 0.636. The normalized spacial score (nSPS) is 12.3. The van der Waals surface area contributed by atoms with E-state index in [1.54, 1.807) is 6.33 Å². The van der Waals surface area contributed by atoms with E-state index >= 15 is 0 Å². The second kappa shape index (κ2) is 5.53. The Morgan fingerprint density at radius 1 is 1.40 bits per heavy atom. The van der Waals surface area contributed by atoms with Gasteiger partial charge in [-0.05, 0) is 20.3 Å². The summed E-state index contributed by atoms with van der Waals surface area (Å²) in [4.78, 5) is 10.4. The average molecular weight is 209 g/mol. The highest BCUT2D eigenvalue weighted by atomic mass is 16.5. The van der Waals surface area contributed by atoms with Crippen LogP contribution in [0.5, 0.6) is 5.88 Å². The number of hydrogen-bond donors (Lipinski definition) is 0. The van der Waals surface area contributed by atoms with Crippen LogP contribution in [0.1, 0.15) is 27.2 Å². The molecule has 1 aromatic heterocycles. The van der Waals surface area contributed by atoms with Gasteiger partial charge in [-0.25, -0.2) is 9.97 Å². The summed E-state index contributed by atoms with van der Waals surface area (Å²) < 4.78 is 5.33. The van der Waals surface area contributed by atoms with Crippen LogP contribution in [-0.4, -0.2) is 29.7 Å². The maximum Gasteiger partial charge on any atom is 0.218 e. The molecule has 0 aliphatic carbocycles. The Kier molecular flexibility index (Phi) is 4.34. The SMILES string of the molecule is CCOc1cc(N(C)C(C)CC)ncn1. The van der Waals surface area contributed by atoms with Gasteiger partial charge in [0.2, 0.25) is 5.88 Å². The van der Waals surface area contributed by atoms with Gasteiger partial charge in [0.15, 0.2) is 0 Å². The van der Waals surface area contributed by atoms with E-state index in [0.717, 1.165) is 12.2 Å². The largest absolute Gasteiger partial charge is 0.478 e. The summed E-state index contributed by atoms with van der Waals surface area (Å²) in [6.45, 7) is 6.90. The number of nitrogens with zero attached hydrogens (tertiary/aromatic N) is 3. The number of rotatable bonds is 5. The molecule has 0 N–H and O–H groups in total. The van der Waals surface area contributed by atoms with Crippen molar-refractivity contribution in [3.63, 3.8) is 0 Å².